The summed E-state index contributed by atoms with van der Waals surface area (Å²) in [4.78, 5) is 22.0. The third kappa shape index (κ3) is 3.05. The van der Waals surface area contributed by atoms with Gasteiger partial charge in [0.15, 0.2) is 0 Å². The van der Waals surface area contributed by atoms with E-state index in [1.165, 1.54) is 18.5 Å². The maximum atomic E-state index is 13.3. The quantitative estimate of drug-likeness (QED) is 0.770. The zero-order chi connectivity index (χ0) is 14.7. The zero-order valence-corrected chi connectivity index (χ0v) is 11.1. The molecule has 1 aromatic carbocycles. The number of H-pyrrole nitrogens is 1. The van der Waals surface area contributed by atoms with E-state index in [1.807, 2.05) is 6.07 Å². The second-order valence-electron chi connectivity index (χ2n) is 4.62. The Kier molecular flexibility index (Phi) is 3.59. The van der Waals surface area contributed by atoms with Gasteiger partial charge in [-0.2, -0.15) is 0 Å². The normalized spacial score (nSPS) is 10.7. The van der Waals surface area contributed by atoms with Gasteiger partial charge in [0, 0.05) is 24.2 Å². The third-order valence-corrected chi connectivity index (χ3v) is 3.14. The maximum Gasteiger partial charge on any atom is 0.248 e. The van der Waals surface area contributed by atoms with Crippen molar-refractivity contribution < 1.29 is 4.39 Å². The van der Waals surface area contributed by atoms with Crippen molar-refractivity contribution in [2.24, 2.45) is 0 Å². The number of fused-ring (bicyclic) bond motifs is 1. The van der Waals surface area contributed by atoms with Crippen LogP contribution < -0.4 is 10.9 Å². The smallest absolute Gasteiger partial charge is 0.248 e. The molecule has 0 saturated carbocycles. The molecule has 0 radical (unpaired) electrons. The van der Waals surface area contributed by atoms with Gasteiger partial charge in [-0.25, -0.2) is 14.4 Å². The highest BCUT2D eigenvalue weighted by molar-refractivity contribution is 5.88. The second kappa shape index (κ2) is 5.70. The number of hydrogen-bond acceptors (Lipinski definition) is 4. The highest BCUT2D eigenvalue weighted by atomic mass is 19.1. The third-order valence-electron chi connectivity index (χ3n) is 3.14. The van der Waals surface area contributed by atoms with Gasteiger partial charge in [-0.3, -0.25) is 4.79 Å². The molecule has 0 spiro atoms. The average molecular weight is 284 g/mol. The number of nitrogens with zero attached hydrogens (tertiary/aromatic N) is 2. The van der Waals surface area contributed by atoms with Crippen LogP contribution in [0.25, 0.3) is 10.9 Å². The van der Waals surface area contributed by atoms with E-state index >= 15 is 0 Å². The van der Waals surface area contributed by atoms with Gasteiger partial charge in [0.1, 0.15) is 18.0 Å². The van der Waals surface area contributed by atoms with Crippen LogP contribution in [0, 0.1) is 5.82 Å². The molecule has 0 aliphatic rings. The lowest BCUT2D eigenvalue weighted by molar-refractivity contribution is 0.629. The first-order valence-electron chi connectivity index (χ1n) is 6.54. The van der Waals surface area contributed by atoms with Gasteiger partial charge in [0.05, 0.1) is 5.52 Å². The van der Waals surface area contributed by atoms with Crippen molar-refractivity contribution in [1.82, 2.24) is 15.0 Å². The fourth-order valence-electron chi connectivity index (χ4n) is 2.14. The van der Waals surface area contributed by atoms with Crippen molar-refractivity contribution >= 4 is 16.7 Å². The Morgan fingerprint density at radius 1 is 1.19 bits per heavy atom. The summed E-state index contributed by atoms with van der Waals surface area (Å²) in [5, 5.41) is 3.79. The van der Waals surface area contributed by atoms with E-state index in [9.17, 15) is 9.18 Å². The molecule has 3 aromatic rings. The topological polar surface area (TPSA) is 70.7 Å². The molecule has 106 valence electrons. The van der Waals surface area contributed by atoms with Crippen LogP contribution in [0.4, 0.5) is 10.2 Å². The van der Waals surface area contributed by atoms with Crippen LogP contribution in [0.2, 0.25) is 0 Å². The van der Waals surface area contributed by atoms with Crippen LogP contribution in [0.3, 0.4) is 0 Å². The highest BCUT2D eigenvalue weighted by Gasteiger charge is 2.04. The number of nitrogens with one attached hydrogen (secondary N) is 2. The summed E-state index contributed by atoms with van der Waals surface area (Å²) in [6.07, 6.45) is 3.73. The molecular formula is C15H13FN4O. The molecule has 0 atom stereocenters. The van der Waals surface area contributed by atoms with Crippen molar-refractivity contribution in [3.05, 3.63) is 64.6 Å². The Labute approximate surface area is 119 Å². The van der Waals surface area contributed by atoms with Crippen molar-refractivity contribution in [3.63, 3.8) is 0 Å². The van der Waals surface area contributed by atoms with E-state index in [-0.39, 0.29) is 11.4 Å². The lowest BCUT2D eigenvalue weighted by Crippen LogP contribution is -2.10. The predicted molar refractivity (Wildman–Crippen MR) is 78.8 cm³/mol. The molecular weight excluding hydrogens is 271 g/mol. The van der Waals surface area contributed by atoms with E-state index in [4.69, 9.17) is 0 Å². The SMILES string of the molecule is O=c1cc(CCNc2ncnc3ccc(F)cc23)cc[nH]1. The lowest BCUT2D eigenvalue weighted by Gasteiger charge is -2.08. The number of hydrogen-bond donors (Lipinski definition) is 2. The molecule has 0 saturated heterocycles. The van der Waals surface area contributed by atoms with Gasteiger partial charge >= 0.3 is 0 Å². The molecule has 0 fully saturated rings. The summed E-state index contributed by atoms with van der Waals surface area (Å²) in [6.45, 7) is 0.589. The van der Waals surface area contributed by atoms with Crippen molar-refractivity contribution in [2.75, 3.05) is 11.9 Å². The Bertz CT molecular complexity index is 831. The highest BCUT2D eigenvalue weighted by Crippen LogP contribution is 2.19. The Hall–Kier alpha value is -2.76. The van der Waals surface area contributed by atoms with Crippen LogP contribution in [0.1, 0.15) is 5.56 Å². The van der Waals surface area contributed by atoms with Gasteiger partial charge < -0.3 is 10.3 Å². The molecule has 3 rings (SSSR count). The molecule has 0 unspecified atom stereocenters. The number of benzene rings is 1. The summed E-state index contributed by atoms with van der Waals surface area (Å²) >= 11 is 0. The Morgan fingerprint density at radius 3 is 2.95 bits per heavy atom. The number of rotatable bonds is 4. The number of halogens is 1. The van der Waals surface area contributed by atoms with E-state index in [0.29, 0.717) is 29.7 Å². The summed E-state index contributed by atoms with van der Waals surface area (Å²) < 4.78 is 13.3. The van der Waals surface area contributed by atoms with Crippen LogP contribution in [-0.2, 0) is 6.42 Å². The molecule has 2 aromatic heterocycles. The number of aromatic amines is 1. The van der Waals surface area contributed by atoms with Gasteiger partial charge in [-0.1, -0.05) is 0 Å². The van der Waals surface area contributed by atoms with Gasteiger partial charge in [-0.15, -0.1) is 0 Å². The minimum absolute atomic E-state index is 0.123. The largest absolute Gasteiger partial charge is 0.369 e. The molecule has 2 heterocycles. The van der Waals surface area contributed by atoms with E-state index in [2.05, 4.69) is 20.3 Å². The first kappa shape index (κ1) is 13.2. The van der Waals surface area contributed by atoms with E-state index in [1.54, 1.807) is 18.3 Å². The van der Waals surface area contributed by atoms with Crippen molar-refractivity contribution in [1.29, 1.82) is 0 Å². The van der Waals surface area contributed by atoms with Crippen LogP contribution in [0.15, 0.2) is 47.7 Å². The van der Waals surface area contributed by atoms with Crippen molar-refractivity contribution in [2.45, 2.75) is 6.42 Å². The van der Waals surface area contributed by atoms with Crippen molar-refractivity contribution in [3.8, 4) is 0 Å². The predicted octanol–water partition coefficient (Wildman–Crippen LogP) is 2.11. The molecule has 6 heteroatoms. The molecule has 21 heavy (non-hydrogen) atoms. The van der Waals surface area contributed by atoms with Gasteiger partial charge in [0.2, 0.25) is 5.56 Å². The zero-order valence-electron chi connectivity index (χ0n) is 11.1. The first-order chi connectivity index (χ1) is 10.2. The minimum atomic E-state index is -0.324. The first-order valence-corrected chi connectivity index (χ1v) is 6.54. The number of pyridine rings is 1. The van der Waals surface area contributed by atoms with Gasteiger partial charge in [-0.05, 0) is 36.2 Å². The summed E-state index contributed by atoms with van der Waals surface area (Å²) in [5.74, 6) is 0.263. The van der Waals surface area contributed by atoms with Crippen LogP contribution in [-0.4, -0.2) is 21.5 Å². The summed E-state index contributed by atoms with van der Waals surface area (Å²) in [7, 11) is 0. The molecule has 0 bridgehead atoms. The molecule has 2 N–H and O–H groups in total. The monoisotopic (exact) mass is 284 g/mol. The standard InChI is InChI=1S/C15H13FN4O/c16-11-1-2-13-12(8-11)15(20-9-19-13)18-6-4-10-3-5-17-14(21)7-10/h1-3,5,7-9H,4,6H2,(H,17,21)(H,18,19,20). The fourth-order valence-corrected chi connectivity index (χ4v) is 2.14. The lowest BCUT2D eigenvalue weighted by atomic mass is 10.2. The molecule has 0 aliphatic carbocycles. The Morgan fingerprint density at radius 2 is 2.10 bits per heavy atom. The van der Waals surface area contributed by atoms with E-state index < -0.39 is 0 Å². The maximum absolute atomic E-state index is 13.3. The molecule has 0 amide bonds. The summed E-state index contributed by atoms with van der Waals surface area (Å²) in [6, 6.07) is 7.80. The average Bonchev–Trinajstić information content (AvgIpc) is 2.48. The summed E-state index contributed by atoms with van der Waals surface area (Å²) in [5.41, 5.74) is 1.49. The fraction of sp³-hybridized carbons (Fsp3) is 0.133. The van der Waals surface area contributed by atoms with Crippen LogP contribution in [0.5, 0.6) is 0 Å². The Balaban J connectivity index is 1.76. The second-order valence-corrected chi connectivity index (χ2v) is 4.62. The number of aromatic nitrogens is 3. The van der Waals surface area contributed by atoms with Gasteiger partial charge in [0.25, 0.3) is 0 Å². The van der Waals surface area contributed by atoms with Crippen LogP contribution >= 0.6 is 0 Å². The minimum Gasteiger partial charge on any atom is -0.369 e. The number of anilines is 1. The molecule has 5 nitrogen and oxygen atoms in total. The molecule has 0 aliphatic heterocycles. The van der Waals surface area contributed by atoms with E-state index in [0.717, 1.165) is 5.56 Å².